The molecule has 29 heavy (non-hydrogen) atoms. The van der Waals surface area contributed by atoms with Crippen molar-refractivity contribution in [3.8, 4) is 11.5 Å². The van der Waals surface area contributed by atoms with Crippen molar-refractivity contribution < 1.29 is 27.0 Å². The maximum Gasteiger partial charge on any atom is 0.203 e. The van der Waals surface area contributed by atoms with E-state index in [0.29, 0.717) is 16.9 Å². The van der Waals surface area contributed by atoms with Gasteiger partial charge in [0.15, 0.2) is 17.4 Å². The van der Waals surface area contributed by atoms with Gasteiger partial charge in [0.2, 0.25) is 11.6 Å². The minimum absolute atomic E-state index is 0.120. The maximum absolute atomic E-state index is 13.8. The minimum atomic E-state index is -1.60. The Morgan fingerprint density at radius 1 is 0.931 bits per heavy atom. The Hall–Kier alpha value is -3.55. The van der Waals surface area contributed by atoms with Crippen LogP contribution in [0.1, 0.15) is 11.1 Å². The molecular formula is C21H16F4N2O2. The lowest BCUT2D eigenvalue weighted by atomic mass is 10.1. The molecule has 0 aliphatic rings. The van der Waals surface area contributed by atoms with Gasteiger partial charge in [-0.3, -0.25) is 5.43 Å². The third kappa shape index (κ3) is 4.84. The van der Waals surface area contributed by atoms with E-state index in [2.05, 4.69) is 10.5 Å². The van der Waals surface area contributed by atoms with E-state index in [4.69, 9.17) is 9.47 Å². The molecule has 0 aliphatic heterocycles. The number of hydrazone groups is 1. The van der Waals surface area contributed by atoms with Gasteiger partial charge in [0.1, 0.15) is 12.4 Å². The molecule has 0 radical (unpaired) electrons. The van der Waals surface area contributed by atoms with Crippen molar-refractivity contribution in [2.45, 2.75) is 6.61 Å². The van der Waals surface area contributed by atoms with Crippen LogP contribution >= 0.6 is 0 Å². The zero-order valence-corrected chi connectivity index (χ0v) is 15.3. The van der Waals surface area contributed by atoms with Crippen LogP contribution in [0.5, 0.6) is 11.5 Å². The second kappa shape index (κ2) is 9.09. The van der Waals surface area contributed by atoms with Crippen LogP contribution in [0.2, 0.25) is 0 Å². The lowest BCUT2D eigenvalue weighted by Gasteiger charge is -2.12. The summed E-state index contributed by atoms with van der Waals surface area (Å²) < 4.78 is 64.4. The van der Waals surface area contributed by atoms with Crippen molar-refractivity contribution in [1.29, 1.82) is 0 Å². The Bertz CT molecular complexity index is 1000. The van der Waals surface area contributed by atoms with Crippen LogP contribution in [0.3, 0.4) is 0 Å². The average molecular weight is 404 g/mol. The molecule has 0 amide bonds. The first kappa shape index (κ1) is 20.2. The number of anilines is 1. The van der Waals surface area contributed by atoms with Crippen molar-refractivity contribution in [2.75, 3.05) is 12.5 Å². The van der Waals surface area contributed by atoms with E-state index < -0.39 is 29.0 Å². The van der Waals surface area contributed by atoms with E-state index in [9.17, 15) is 17.6 Å². The Balaban J connectivity index is 1.78. The fourth-order valence-corrected chi connectivity index (χ4v) is 2.51. The zero-order valence-electron chi connectivity index (χ0n) is 15.3. The van der Waals surface area contributed by atoms with Crippen LogP contribution in [-0.4, -0.2) is 13.3 Å². The van der Waals surface area contributed by atoms with Gasteiger partial charge in [0.05, 0.1) is 19.0 Å². The van der Waals surface area contributed by atoms with Crippen molar-refractivity contribution in [3.63, 3.8) is 0 Å². The molecule has 0 spiro atoms. The van der Waals surface area contributed by atoms with E-state index in [1.54, 1.807) is 18.2 Å². The van der Waals surface area contributed by atoms with Crippen molar-refractivity contribution in [1.82, 2.24) is 0 Å². The maximum atomic E-state index is 13.8. The fourth-order valence-electron chi connectivity index (χ4n) is 2.51. The summed E-state index contributed by atoms with van der Waals surface area (Å²) in [6, 6.07) is 14.3. The topological polar surface area (TPSA) is 42.8 Å². The van der Waals surface area contributed by atoms with E-state index in [-0.39, 0.29) is 12.7 Å². The fraction of sp³-hybridized carbons (Fsp3) is 0.0952. The summed E-state index contributed by atoms with van der Waals surface area (Å²) in [6.45, 7) is -0.381. The second-order valence-corrected chi connectivity index (χ2v) is 5.89. The number of hydrogen-bond donors (Lipinski definition) is 1. The molecule has 0 unspecified atom stereocenters. The molecule has 0 atom stereocenters. The highest BCUT2D eigenvalue weighted by Gasteiger charge is 2.21. The number of para-hydroxylation sites is 1. The molecule has 0 fully saturated rings. The standard InChI is InChI=1S/C21H16F4N2O2/c1-28-18-8-7-13(11-26-27-15-5-3-2-4-6-15)9-14(18)12-29-21-19(24)16(22)10-17(23)20(21)25/h2-11,27H,12H2,1H3. The first-order chi connectivity index (χ1) is 14.0. The molecule has 0 bridgehead atoms. The Labute approximate surface area is 164 Å². The van der Waals surface area contributed by atoms with Crippen LogP contribution in [0.4, 0.5) is 23.2 Å². The van der Waals surface area contributed by atoms with Crippen LogP contribution in [0.15, 0.2) is 59.7 Å². The van der Waals surface area contributed by atoms with Crippen molar-refractivity contribution in [3.05, 3.63) is 89.0 Å². The second-order valence-electron chi connectivity index (χ2n) is 5.89. The van der Waals surface area contributed by atoms with Gasteiger partial charge in [-0.2, -0.15) is 13.9 Å². The number of nitrogens with one attached hydrogen (secondary N) is 1. The Morgan fingerprint density at radius 2 is 1.62 bits per heavy atom. The summed E-state index contributed by atoms with van der Waals surface area (Å²) in [7, 11) is 1.41. The Morgan fingerprint density at radius 3 is 2.28 bits per heavy atom. The molecule has 0 saturated carbocycles. The zero-order chi connectivity index (χ0) is 20.8. The van der Waals surface area contributed by atoms with Crippen LogP contribution in [-0.2, 0) is 6.61 Å². The number of hydrogen-bond acceptors (Lipinski definition) is 4. The monoisotopic (exact) mass is 404 g/mol. The van der Waals surface area contributed by atoms with Crippen LogP contribution < -0.4 is 14.9 Å². The van der Waals surface area contributed by atoms with Crippen LogP contribution in [0.25, 0.3) is 0 Å². The summed E-state index contributed by atoms with van der Waals surface area (Å²) in [5.74, 6) is -7.05. The predicted molar refractivity (Wildman–Crippen MR) is 101 cm³/mol. The molecule has 1 N–H and O–H groups in total. The van der Waals surface area contributed by atoms with Gasteiger partial charge in [-0.25, -0.2) is 8.78 Å². The molecule has 0 heterocycles. The quantitative estimate of drug-likeness (QED) is 0.252. The highest BCUT2D eigenvalue weighted by Crippen LogP contribution is 2.28. The summed E-state index contributed by atoms with van der Waals surface area (Å²) in [4.78, 5) is 0. The first-order valence-electron chi connectivity index (χ1n) is 8.46. The molecule has 8 heteroatoms. The van der Waals surface area contributed by atoms with Gasteiger partial charge >= 0.3 is 0 Å². The number of ether oxygens (including phenoxy) is 2. The van der Waals surface area contributed by atoms with Gasteiger partial charge in [0, 0.05) is 11.6 Å². The summed E-state index contributed by atoms with van der Waals surface area (Å²) in [5, 5.41) is 4.10. The SMILES string of the molecule is COc1ccc(C=NNc2ccccc2)cc1COc1c(F)c(F)cc(F)c1F. The molecular weight excluding hydrogens is 388 g/mol. The third-order valence-corrected chi connectivity index (χ3v) is 3.93. The minimum Gasteiger partial charge on any atom is -0.496 e. The number of halogens is 4. The first-order valence-corrected chi connectivity index (χ1v) is 8.46. The number of nitrogens with zero attached hydrogens (tertiary/aromatic N) is 1. The molecule has 3 aromatic rings. The molecule has 3 aromatic carbocycles. The molecule has 0 aliphatic carbocycles. The summed E-state index contributed by atoms with van der Waals surface area (Å²) in [6.07, 6.45) is 1.53. The molecule has 0 saturated heterocycles. The lowest BCUT2D eigenvalue weighted by Crippen LogP contribution is -2.05. The Kier molecular flexibility index (Phi) is 6.33. The number of rotatable bonds is 7. The normalized spacial score (nSPS) is 10.9. The average Bonchev–Trinajstić information content (AvgIpc) is 2.73. The van der Waals surface area contributed by atoms with Gasteiger partial charge in [-0.05, 0) is 35.9 Å². The highest BCUT2D eigenvalue weighted by atomic mass is 19.2. The van der Waals surface area contributed by atoms with Crippen LogP contribution in [0, 0.1) is 23.3 Å². The molecule has 4 nitrogen and oxygen atoms in total. The summed E-state index contributed by atoms with van der Waals surface area (Å²) >= 11 is 0. The smallest absolute Gasteiger partial charge is 0.203 e. The predicted octanol–water partition coefficient (Wildman–Crippen LogP) is 5.28. The molecule has 3 rings (SSSR count). The van der Waals surface area contributed by atoms with Gasteiger partial charge in [-0.1, -0.05) is 18.2 Å². The molecule has 0 aromatic heterocycles. The van der Waals surface area contributed by atoms with E-state index >= 15 is 0 Å². The van der Waals surface area contributed by atoms with Gasteiger partial charge in [0.25, 0.3) is 0 Å². The number of methoxy groups -OCH3 is 1. The van der Waals surface area contributed by atoms with Gasteiger partial charge in [-0.15, -0.1) is 0 Å². The van der Waals surface area contributed by atoms with Gasteiger partial charge < -0.3 is 9.47 Å². The third-order valence-electron chi connectivity index (χ3n) is 3.93. The summed E-state index contributed by atoms with van der Waals surface area (Å²) in [5.41, 5.74) is 4.68. The highest BCUT2D eigenvalue weighted by molar-refractivity contribution is 5.81. The van der Waals surface area contributed by atoms with Crippen molar-refractivity contribution in [2.24, 2.45) is 5.10 Å². The number of benzene rings is 3. The largest absolute Gasteiger partial charge is 0.496 e. The lowest BCUT2D eigenvalue weighted by molar-refractivity contribution is 0.256. The van der Waals surface area contributed by atoms with E-state index in [0.717, 1.165) is 5.69 Å². The van der Waals surface area contributed by atoms with E-state index in [1.807, 2.05) is 30.3 Å². The van der Waals surface area contributed by atoms with E-state index in [1.165, 1.54) is 13.3 Å². The van der Waals surface area contributed by atoms with Crippen molar-refractivity contribution >= 4 is 11.9 Å². The molecule has 150 valence electrons.